The molecule has 2 amide bonds. The molecule has 2 aromatic carbocycles. The van der Waals surface area contributed by atoms with E-state index in [0.717, 1.165) is 11.6 Å². The molecule has 0 saturated heterocycles. The van der Waals surface area contributed by atoms with E-state index in [-0.39, 0.29) is 18.1 Å². The monoisotopic (exact) mass is 347 g/mol. The van der Waals surface area contributed by atoms with Crippen molar-refractivity contribution < 1.29 is 18.4 Å². The lowest BCUT2D eigenvalue weighted by atomic mass is 10.1. The molecule has 5 nitrogen and oxygen atoms in total. The molecule has 0 fully saturated rings. The van der Waals surface area contributed by atoms with Gasteiger partial charge in [-0.1, -0.05) is 12.1 Å². The predicted molar refractivity (Wildman–Crippen MR) is 91.2 cm³/mol. The van der Waals surface area contributed by atoms with Gasteiger partial charge >= 0.3 is 0 Å². The van der Waals surface area contributed by atoms with E-state index in [1.807, 2.05) is 0 Å². The smallest absolute Gasteiger partial charge is 0.251 e. The van der Waals surface area contributed by atoms with Gasteiger partial charge in [0.15, 0.2) is 0 Å². The fraction of sp³-hybridized carbons (Fsp3) is 0.222. The number of amides is 2. The topological polar surface area (TPSA) is 61.4 Å². The Morgan fingerprint density at radius 3 is 2.36 bits per heavy atom. The minimum absolute atomic E-state index is 0.0357. The molecule has 25 heavy (non-hydrogen) atoms. The van der Waals surface area contributed by atoms with Gasteiger partial charge < -0.3 is 10.6 Å². The van der Waals surface area contributed by atoms with Gasteiger partial charge in [0.25, 0.3) is 5.91 Å². The van der Waals surface area contributed by atoms with Gasteiger partial charge in [-0.2, -0.15) is 0 Å². The third kappa shape index (κ3) is 5.36. The van der Waals surface area contributed by atoms with E-state index < -0.39 is 17.5 Å². The average Bonchev–Trinajstić information content (AvgIpc) is 2.57. The molecule has 0 radical (unpaired) electrons. The number of rotatable bonds is 6. The van der Waals surface area contributed by atoms with E-state index in [9.17, 15) is 18.4 Å². The van der Waals surface area contributed by atoms with E-state index in [4.69, 9.17) is 0 Å². The maximum Gasteiger partial charge on any atom is 0.251 e. The molecular weight excluding hydrogens is 328 g/mol. The van der Waals surface area contributed by atoms with Crippen molar-refractivity contribution in [2.24, 2.45) is 0 Å². The molecule has 0 aromatic heterocycles. The summed E-state index contributed by atoms with van der Waals surface area (Å²) in [5.74, 6) is -2.09. The first kappa shape index (κ1) is 18.5. The van der Waals surface area contributed by atoms with Crippen LogP contribution in [0.25, 0.3) is 0 Å². The van der Waals surface area contributed by atoms with Crippen molar-refractivity contribution in [3.8, 4) is 0 Å². The Morgan fingerprint density at radius 1 is 1.08 bits per heavy atom. The molecular formula is C18H19F2N3O2. The summed E-state index contributed by atoms with van der Waals surface area (Å²) < 4.78 is 26.4. The molecule has 132 valence electrons. The first-order chi connectivity index (χ1) is 11.9. The minimum Gasteiger partial charge on any atom is -0.355 e. The van der Waals surface area contributed by atoms with Gasteiger partial charge in [-0.15, -0.1) is 0 Å². The summed E-state index contributed by atoms with van der Waals surface area (Å²) in [6.45, 7) is 0.515. The molecule has 0 saturated carbocycles. The fourth-order valence-corrected chi connectivity index (χ4v) is 2.30. The highest BCUT2D eigenvalue weighted by Gasteiger charge is 2.11. The number of carbonyl (C=O) groups excluding carboxylic acids is 2. The zero-order valence-corrected chi connectivity index (χ0v) is 14.0. The summed E-state index contributed by atoms with van der Waals surface area (Å²) in [7, 11) is 3.31. The lowest BCUT2D eigenvalue weighted by Gasteiger charge is -2.16. The number of hydrogen-bond acceptors (Lipinski definition) is 3. The summed E-state index contributed by atoms with van der Waals surface area (Å²) in [5.41, 5.74) is 1.42. The number of hydrogen-bond donors (Lipinski definition) is 2. The molecule has 0 bridgehead atoms. The number of anilines is 1. The third-order valence-corrected chi connectivity index (χ3v) is 3.51. The molecule has 0 heterocycles. The van der Waals surface area contributed by atoms with E-state index in [0.29, 0.717) is 18.2 Å². The van der Waals surface area contributed by atoms with Crippen LogP contribution in [0.3, 0.4) is 0 Å². The molecule has 0 spiro atoms. The van der Waals surface area contributed by atoms with Gasteiger partial charge in [0.05, 0.1) is 12.2 Å². The van der Waals surface area contributed by atoms with E-state index >= 15 is 0 Å². The van der Waals surface area contributed by atoms with Crippen LogP contribution in [0.15, 0.2) is 42.5 Å². The first-order valence-electron chi connectivity index (χ1n) is 7.63. The second-order valence-electron chi connectivity index (χ2n) is 5.62. The van der Waals surface area contributed by atoms with Gasteiger partial charge in [-0.25, -0.2) is 8.78 Å². The Morgan fingerprint density at radius 2 is 1.76 bits per heavy atom. The largest absolute Gasteiger partial charge is 0.355 e. The van der Waals surface area contributed by atoms with Crippen molar-refractivity contribution in [1.82, 2.24) is 10.2 Å². The SMILES string of the molecule is CNC(=O)c1ccc(CN(C)CC(=O)Nc2ccc(F)cc2F)cc1. The van der Waals surface area contributed by atoms with Crippen LogP contribution >= 0.6 is 0 Å². The number of halogens is 2. The molecule has 0 unspecified atom stereocenters. The van der Waals surface area contributed by atoms with Crippen LogP contribution in [-0.2, 0) is 11.3 Å². The molecule has 2 aromatic rings. The van der Waals surface area contributed by atoms with Crippen LogP contribution < -0.4 is 10.6 Å². The minimum atomic E-state index is -0.819. The van der Waals surface area contributed by atoms with E-state index in [1.54, 1.807) is 43.3 Å². The second-order valence-corrected chi connectivity index (χ2v) is 5.62. The van der Waals surface area contributed by atoms with Crippen LogP contribution in [0.4, 0.5) is 14.5 Å². The Labute approximate surface area is 144 Å². The van der Waals surface area contributed by atoms with Crippen LogP contribution in [0.1, 0.15) is 15.9 Å². The van der Waals surface area contributed by atoms with E-state index in [2.05, 4.69) is 10.6 Å². The van der Waals surface area contributed by atoms with Crippen LogP contribution in [-0.4, -0.2) is 37.4 Å². The molecule has 0 aliphatic rings. The number of benzene rings is 2. The highest BCUT2D eigenvalue weighted by Crippen LogP contribution is 2.15. The standard InChI is InChI=1S/C18H19F2N3O2/c1-21-18(25)13-5-3-12(4-6-13)10-23(2)11-17(24)22-16-8-7-14(19)9-15(16)20/h3-9H,10-11H2,1-2H3,(H,21,25)(H,22,24). The van der Waals surface area contributed by atoms with Crippen molar-refractivity contribution in [1.29, 1.82) is 0 Å². The third-order valence-electron chi connectivity index (χ3n) is 3.51. The quantitative estimate of drug-likeness (QED) is 0.844. The highest BCUT2D eigenvalue weighted by atomic mass is 19.1. The maximum absolute atomic E-state index is 13.5. The van der Waals surface area contributed by atoms with E-state index in [1.165, 1.54) is 6.07 Å². The first-order valence-corrected chi connectivity index (χ1v) is 7.63. The van der Waals surface area contributed by atoms with Crippen molar-refractivity contribution in [3.63, 3.8) is 0 Å². The molecule has 7 heteroatoms. The predicted octanol–water partition coefficient (Wildman–Crippen LogP) is 2.39. The Kier molecular flexibility index (Phi) is 6.19. The summed E-state index contributed by atoms with van der Waals surface area (Å²) in [6.07, 6.45) is 0. The summed E-state index contributed by atoms with van der Waals surface area (Å²) in [6, 6.07) is 9.99. The molecule has 0 atom stereocenters. The second kappa shape index (κ2) is 8.34. The zero-order valence-electron chi connectivity index (χ0n) is 14.0. The van der Waals surface area contributed by atoms with Crippen LogP contribution in [0.5, 0.6) is 0 Å². The Balaban J connectivity index is 1.89. The summed E-state index contributed by atoms with van der Waals surface area (Å²) in [5, 5.41) is 4.95. The van der Waals surface area contributed by atoms with Gasteiger partial charge in [0, 0.05) is 25.2 Å². The summed E-state index contributed by atoms with van der Waals surface area (Å²) >= 11 is 0. The Hall–Kier alpha value is -2.80. The van der Waals surface area contributed by atoms with Crippen LogP contribution in [0, 0.1) is 11.6 Å². The summed E-state index contributed by atoms with van der Waals surface area (Å²) in [4.78, 5) is 25.2. The Bertz CT molecular complexity index is 763. The number of likely N-dealkylation sites (N-methyl/N-ethyl adjacent to an activating group) is 1. The molecule has 0 aliphatic carbocycles. The fourth-order valence-electron chi connectivity index (χ4n) is 2.30. The maximum atomic E-state index is 13.5. The number of nitrogens with one attached hydrogen (secondary N) is 2. The van der Waals surface area contributed by atoms with Gasteiger partial charge in [0.2, 0.25) is 5.91 Å². The van der Waals surface area contributed by atoms with Crippen molar-refractivity contribution >= 4 is 17.5 Å². The van der Waals surface area contributed by atoms with Crippen LogP contribution in [0.2, 0.25) is 0 Å². The van der Waals surface area contributed by atoms with Gasteiger partial charge in [-0.3, -0.25) is 14.5 Å². The lowest BCUT2D eigenvalue weighted by molar-refractivity contribution is -0.117. The number of nitrogens with zero attached hydrogens (tertiary/aromatic N) is 1. The van der Waals surface area contributed by atoms with Gasteiger partial charge in [0.1, 0.15) is 11.6 Å². The molecule has 0 aliphatic heterocycles. The normalized spacial score (nSPS) is 10.6. The van der Waals surface area contributed by atoms with Gasteiger partial charge in [-0.05, 0) is 36.9 Å². The van der Waals surface area contributed by atoms with Crippen molar-refractivity contribution in [2.75, 3.05) is 26.0 Å². The van der Waals surface area contributed by atoms with Crippen molar-refractivity contribution in [2.45, 2.75) is 6.54 Å². The molecule has 2 rings (SSSR count). The molecule has 2 N–H and O–H groups in total. The zero-order chi connectivity index (χ0) is 18.4. The average molecular weight is 347 g/mol. The lowest BCUT2D eigenvalue weighted by Crippen LogP contribution is -2.30. The highest BCUT2D eigenvalue weighted by molar-refractivity contribution is 5.94. The van der Waals surface area contributed by atoms with Crippen molar-refractivity contribution in [3.05, 3.63) is 65.2 Å². The number of carbonyl (C=O) groups is 2.